The van der Waals surface area contributed by atoms with Crippen LogP contribution in [0.1, 0.15) is 34.6 Å². The van der Waals surface area contributed by atoms with Gasteiger partial charge >= 0.3 is 0 Å². The largest absolute Gasteiger partial charge is 0.0999 e. The summed E-state index contributed by atoms with van der Waals surface area (Å²) >= 11 is 0. The second-order valence-electron chi connectivity index (χ2n) is 3.67. The van der Waals surface area contributed by atoms with Crippen LogP contribution in [0.25, 0.3) is 0 Å². The van der Waals surface area contributed by atoms with E-state index in [1.54, 1.807) is 0 Å². The van der Waals surface area contributed by atoms with Crippen LogP contribution in [0.5, 0.6) is 0 Å². The molecule has 0 aromatic carbocycles. The van der Waals surface area contributed by atoms with Gasteiger partial charge in [0.05, 0.1) is 0 Å². The van der Waals surface area contributed by atoms with E-state index >= 15 is 0 Å². The minimum atomic E-state index is 0.171. The zero-order chi connectivity index (χ0) is 7.49. The van der Waals surface area contributed by atoms with Gasteiger partial charge in [-0.15, -0.1) is 0 Å². The summed E-state index contributed by atoms with van der Waals surface area (Å²) in [6.07, 6.45) is 0. The Bertz CT molecular complexity index is 124. The molecule has 0 saturated heterocycles. The molecule has 0 bridgehead atoms. The van der Waals surface area contributed by atoms with E-state index in [-0.39, 0.29) is 5.41 Å². The van der Waals surface area contributed by atoms with Crippen molar-refractivity contribution in [1.82, 2.24) is 0 Å². The van der Waals surface area contributed by atoms with Crippen molar-refractivity contribution < 1.29 is 0 Å². The van der Waals surface area contributed by atoms with E-state index in [4.69, 9.17) is 0 Å². The van der Waals surface area contributed by atoms with Crippen molar-refractivity contribution >= 4 is 0 Å². The van der Waals surface area contributed by atoms with Crippen LogP contribution in [-0.4, -0.2) is 0 Å². The second kappa shape index (κ2) is 2.92. The third-order valence-electron chi connectivity index (χ3n) is 0.736. The topological polar surface area (TPSA) is 0 Å². The van der Waals surface area contributed by atoms with Crippen molar-refractivity contribution in [2.24, 2.45) is 11.3 Å². The number of hydrogen-bond acceptors (Lipinski definition) is 0. The Hall–Kier alpha value is -0.440. The first-order chi connectivity index (χ1) is 3.92. The molecule has 0 aromatic rings. The monoisotopic (exact) mass is 124 g/mol. The fourth-order valence-electron chi connectivity index (χ4n) is 0.361. The molecular formula is C9H16. The van der Waals surface area contributed by atoms with Crippen molar-refractivity contribution in [3.8, 4) is 11.8 Å². The molecule has 0 fully saturated rings. The molecule has 0 saturated carbocycles. The molecule has 0 nitrogen and oxygen atoms in total. The van der Waals surface area contributed by atoms with Gasteiger partial charge in [0.25, 0.3) is 0 Å². The van der Waals surface area contributed by atoms with Crippen LogP contribution >= 0.6 is 0 Å². The lowest BCUT2D eigenvalue weighted by molar-refractivity contribution is 0.568. The molecule has 0 radical (unpaired) electrons. The van der Waals surface area contributed by atoms with E-state index in [0.717, 1.165) is 0 Å². The van der Waals surface area contributed by atoms with Crippen LogP contribution < -0.4 is 0 Å². The summed E-state index contributed by atoms with van der Waals surface area (Å²) in [7, 11) is 0. The molecule has 0 spiro atoms. The molecule has 52 valence electrons. The average Bonchev–Trinajstić information content (AvgIpc) is 1.59. The van der Waals surface area contributed by atoms with Gasteiger partial charge in [-0.1, -0.05) is 25.7 Å². The molecule has 0 aliphatic heterocycles. The van der Waals surface area contributed by atoms with Gasteiger partial charge in [-0.2, -0.15) is 0 Å². The maximum absolute atomic E-state index is 3.17. The lowest BCUT2D eigenvalue weighted by Crippen LogP contribution is -1.99. The van der Waals surface area contributed by atoms with Crippen LogP contribution in [0.15, 0.2) is 0 Å². The normalized spacial score (nSPS) is 10.9. The zero-order valence-corrected chi connectivity index (χ0v) is 7.08. The van der Waals surface area contributed by atoms with Gasteiger partial charge < -0.3 is 0 Å². The van der Waals surface area contributed by atoms with Gasteiger partial charge in [0.1, 0.15) is 0 Å². The SMILES string of the molecule is CC(C)C#CC(C)(C)C. The first-order valence-electron chi connectivity index (χ1n) is 3.44. The van der Waals surface area contributed by atoms with E-state index in [9.17, 15) is 0 Å². The van der Waals surface area contributed by atoms with E-state index < -0.39 is 0 Å². The molecule has 0 unspecified atom stereocenters. The summed E-state index contributed by atoms with van der Waals surface area (Å²) < 4.78 is 0. The fraction of sp³-hybridized carbons (Fsp3) is 0.778. The molecule has 0 N–H and O–H groups in total. The molecule has 0 aliphatic rings. The lowest BCUT2D eigenvalue weighted by Gasteiger charge is -2.07. The lowest BCUT2D eigenvalue weighted by atomic mass is 9.97. The Morgan fingerprint density at radius 1 is 1.11 bits per heavy atom. The number of hydrogen-bond donors (Lipinski definition) is 0. The molecule has 9 heavy (non-hydrogen) atoms. The minimum Gasteiger partial charge on any atom is -0.0999 e. The fourth-order valence-corrected chi connectivity index (χ4v) is 0.361. The second-order valence-corrected chi connectivity index (χ2v) is 3.67. The molecule has 0 aromatic heterocycles. The van der Waals surface area contributed by atoms with E-state index in [2.05, 4.69) is 46.5 Å². The first-order valence-corrected chi connectivity index (χ1v) is 3.44. The third-order valence-corrected chi connectivity index (χ3v) is 0.736. The summed E-state index contributed by atoms with van der Waals surface area (Å²) in [5.74, 6) is 6.81. The van der Waals surface area contributed by atoms with Crippen LogP contribution in [0.3, 0.4) is 0 Å². The predicted octanol–water partition coefficient (Wildman–Crippen LogP) is 2.69. The van der Waals surface area contributed by atoms with Gasteiger partial charge in [-0.05, 0) is 20.8 Å². The highest BCUT2D eigenvalue weighted by molar-refractivity contribution is 5.08. The maximum Gasteiger partial charge on any atom is 0.0230 e. The average molecular weight is 124 g/mol. The quantitative estimate of drug-likeness (QED) is 0.435. The highest BCUT2D eigenvalue weighted by Gasteiger charge is 2.02. The van der Waals surface area contributed by atoms with E-state index in [0.29, 0.717) is 5.92 Å². The van der Waals surface area contributed by atoms with Crippen molar-refractivity contribution in [1.29, 1.82) is 0 Å². The molecular weight excluding hydrogens is 108 g/mol. The number of rotatable bonds is 0. The van der Waals surface area contributed by atoms with Crippen LogP contribution in [-0.2, 0) is 0 Å². The van der Waals surface area contributed by atoms with Crippen LogP contribution in [0, 0.1) is 23.2 Å². The van der Waals surface area contributed by atoms with Crippen LogP contribution in [0.2, 0.25) is 0 Å². The van der Waals surface area contributed by atoms with Gasteiger partial charge in [-0.3, -0.25) is 0 Å². The Morgan fingerprint density at radius 2 is 1.56 bits per heavy atom. The maximum atomic E-state index is 3.17. The summed E-state index contributed by atoms with van der Waals surface area (Å²) in [6.45, 7) is 10.6. The molecule has 0 rings (SSSR count). The highest BCUT2D eigenvalue weighted by atomic mass is 14.1. The smallest absolute Gasteiger partial charge is 0.0230 e. The molecule has 0 atom stereocenters. The van der Waals surface area contributed by atoms with Crippen LogP contribution in [0.4, 0.5) is 0 Å². The third kappa shape index (κ3) is 7.56. The minimum absolute atomic E-state index is 0.171. The van der Waals surface area contributed by atoms with Crippen molar-refractivity contribution in [3.63, 3.8) is 0 Å². The van der Waals surface area contributed by atoms with Gasteiger partial charge in [0.15, 0.2) is 0 Å². The molecule has 0 heteroatoms. The molecule has 0 aliphatic carbocycles. The summed E-state index contributed by atoms with van der Waals surface area (Å²) in [6, 6.07) is 0. The molecule has 0 heterocycles. The Kier molecular flexibility index (Phi) is 2.77. The standard InChI is InChI=1S/C9H16/c1-8(2)6-7-9(3,4)5/h8H,1-5H3. The van der Waals surface area contributed by atoms with E-state index in [1.807, 2.05) is 0 Å². The molecule has 0 amide bonds. The summed E-state index contributed by atoms with van der Waals surface area (Å²) in [5, 5.41) is 0. The Balaban J connectivity index is 3.88. The van der Waals surface area contributed by atoms with Crippen molar-refractivity contribution in [3.05, 3.63) is 0 Å². The zero-order valence-electron chi connectivity index (χ0n) is 7.08. The first kappa shape index (κ1) is 8.56. The van der Waals surface area contributed by atoms with Gasteiger partial charge in [-0.25, -0.2) is 0 Å². The van der Waals surface area contributed by atoms with Crippen molar-refractivity contribution in [2.75, 3.05) is 0 Å². The predicted molar refractivity (Wildman–Crippen MR) is 42.1 cm³/mol. The van der Waals surface area contributed by atoms with Gasteiger partial charge in [0, 0.05) is 11.3 Å². The van der Waals surface area contributed by atoms with E-state index in [1.165, 1.54) is 0 Å². The summed E-state index contributed by atoms with van der Waals surface area (Å²) in [4.78, 5) is 0. The van der Waals surface area contributed by atoms with Crippen molar-refractivity contribution in [2.45, 2.75) is 34.6 Å². The Morgan fingerprint density at radius 3 is 1.67 bits per heavy atom. The highest BCUT2D eigenvalue weighted by Crippen LogP contribution is 2.10. The van der Waals surface area contributed by atoms with Gasteiger partial charge in [0.2, 0.25) is 0 Å². The summed E-state index contributed by atoms with van der Waals surface area (Å²) in [5.41, 5.74) is 0.171. The Labute approximate surface area is 58.7 Å².